The number of H-pyrrole nitrogens is 1. The van der Waals surface area contributed by atoms with Crippen molar-refractivity contribution in [2.45, 2.75) is 27.2 Å². The standard InChI is InChI=1S/C24H34N6O2/c1-5-8-29(4)23-16-22(26-19-6-7-20-17(2)18(3)25-21(20)15-19)27-24(28-23)32-14-11-30-9-12-31-13-10-30/h6-7,15-16,25H,5,8-14H2,1-4H3,(H,26,27,28). The number of hydrogen-bond acceptors (Lipinski definition) is 7. The van der Waals surface area contributed by atoms with Gasteiger partial charge in [0, 0.05) is 61.6 Å². The van der Waals surface area contributed by atoms with E-state index in [0.29, 0.717) is 12.6 Å². The number of anilines is 3. The molecule has 0 atom stereocenters. The molecule has 2 N–H and O–H groups in total. The van der Waals surface area contributed by atoms with Gasteiger partial charge in [0.25, 0.3) is 0 Å². The van der Waals surface area contributed by atoms with Crippen molar-refractivity contribution in [1.82, 2.24) is 19.9 Å². The van der Waals surface area contributed by atoms with Gasteiger partial charge >= 0.3 is 6.01 Å². The van der Waals surface area contributed by atoms with Crippen molar-refractivity contribution in [2.24, 2.45) is 0 Å². The first-order valence-corrected chi connectivity index (χ1v) is 11.4. The third-order valence-corrected chi connectivity index (χ3v) is 5.97. The van der Waals surface area contributed by atoms with E-state index >= 15 is 0 Å². The van der Waals surface area contributed by atoms with E-state index in [2.05, 4.69) is 69.0 Å². The Morgan fingerprint density at radius 3 is 2.78 bits per heavy atom. The molecule has 3 heterocycles. The minimum Gasteiger partial charge on any atom is -0.462 e. The molecule has 0 saturated carbocycles. The zero-order chi connectivity index (χ0) is 22.5. The van der Waals surface area contributed by atoms with E-state index in [-0.39, 0.29) is 0 Å². The van der Waals surface area contributed by atoms with Crippen molar-refractivity contribution in [3.05, 3.63) is 35.5 Å². The molecule has 0 aliphatic carbocycles. The Morgan fingerprint density at radius 2 is 2.00 bits per heavy atom. The second-order valence-corrected chi connectivity index (χ2v) is 8.38. The molecular formula is C24H34N6O2. The monoisotopic (exact) mass is 438 g/mol. The molecule has 32 heavy (non-hydrogen) atoms. The zero-order valence-corrected chi connectivity index (χ0v) is 19.6. The molecule has 4 rings (SSSR count). The summed E-state index contributed by atoms with van der Waals surface area (Å²) in [5, 5.41) is 4.68. The Morgan fingerprint density at radius 1 is 1.19 bits per heavy atom. The summed E-state index contributed by atoms with van der Waals surface area (Å²) in [6, 6.07) is 8.71. The molecule has 8 nitrogen and oxygen atoms in total. The van der Waals surface area contributed by atoms with Gasteiger partial charge in [-0.05, 0) is 38.0 Å². The van der Waals surface area contributed by atoms with Gasteiger partial charge in [0.05, 0.1) is 13.2 Å². The lowest BCUT2D eigenvalue weighted by atomic mass is 10.1. The number of ether oxygens (including phenoxy) is 2. The molecular weight excluding hydrogens is 404 g/mol. The number of morpholine rings is 1. The van der Waals surface area contributed by atoms with E-state index in [1.165, 1.54) is 16.6 Å². The average Bonchev–Trinajstić information content (AvgIpc) is 3.07. The molecule has 1 saturated heterocycles. The van der Waals surface area contributed by atoms with E-state index in [9.17, 15) is 0 Å². The van der Waals surface area contributed by atoms with Crippen LogP contribution in [-0.2, 0) is 4.74 Å². The number of fused-ring (bicyclic) bond motifs is 1. The number of aromatic nitrogens is 3. The van der Waals surface area contributed by atoms with Gasteiger partial charge in [-0.1, -0.05) is 13.0 Å². The van der Waals surface area contributed by atoms with Crippen LogP contribution in [0.25, 0.3) is 10.9 Å². The Labute approximate surface area is 189 Å². The predicted octanol–water partition coefficient (Wildman–Crippen LogP) is 3.88. The number of nitrogens with zero attached hydrogens (tertiary/aromatic N) is 4. The maximum atomic E-state index is 5.97. The Hall–Kier alpha value is -2.84. The van der Waals surface area contributed by atoms with Crippen LogP contribution >= 0.6 is 0 Å². The van der Waals surface area contributed by atoms with Crippen LogP contribution in [0.1, 0.15) is 24.6 Å². The summed E-state index contributed by atoms with van der Waals surface area (Å²) in [7, 11) is 2.05. The van der Waals surface area contributed by atoms with Crippen LogP contribution in [0.15, 0.2) is 24.3 Å². The molecule has 0 spiro atoms. The van der Waals surface area contributed by atoms with E-state index in [1.54, 1.807) is 0 Å². The maximum Gasteiger partial charge on any atom is 0.320 e. The third-order valence-electron chi connectivity index (χ3n) is 5.97. The van der Waals surface area contributed by atoms with Crippen molar-refractivity contribution in [2.75, 3.05) is 63.3 Å². The number of hydrogen-bond donors (Lipinski definition) is 2. The molecule has 1 aliphatic heterocycles. The smallest absolute Gasteiger partial charge is 0.320 e. The molecule has 2 aromatic heterocycles. The number of aromatic amines is 1. The number of nitrogens with one attached hydrogen (secondary N) is 2. The van der Waals surface area contributed by atoms with E-state index < -0.39 is 0 Å². The fourth-order valence-electron chi connectivity index (χ4n) is 3.98. The predicted molar refractivity (Wildman–Crippen MR) is 129 cm³/mol. The number of rotatable bonds is 9. The lowest BCUT2D eigenvalue weighted by Gasteiger charge is -2.26. The summed E-state index contributed by atoms with van der Waals surface area (Å²) in [4.78, 5) is 17.2. The van der Waals surface area contributed by atoms with E-state index in [0.717, 1.165) is 68.7 Å². The highest BCUT2D eigenvalue weighted by Crippen LogP contribution is 2.27. The molecule has 0 unspecified atom stereocenters. The van der Waals surface area contributed by atoms with Crippen LogP contribution in [-0.4, -0.2) is 72.9 Å². The van der Waals surface area contributed by atoms with Gasteiger partial charge in [0.1, 0.15) is 18.2 Å². The third kappa shape index (κ3) is 5.31. The van der Waals surface area contributed by atoms with Crippen LogP contribution in [0.4, 0.5) is 17.3 Å². The molecule has 8 heteroatoms. The molecule has 0 radical (unpaired) electrons. The normalized spacial score (nSPS) is 14.6. The maximum absolute atomic E-state index is 5.97. The molecule has 3 aromatic rings. The summed E-state index contributed by atoms with van der Waals surface area (Å²) in [6.07, 6.45) is 1.04. The van der Waals surface area contributed by atoms with Crippen LogP contribution in [0.5, 0.6) is 6.01 Å². The fourth-order valence-corrected chi connectivity index (χ4v) is 3.98. The number of benzene rings is 1. The Kier molecular flexibility index (Phi) is 7.12. The van der Waals surface area contributed by atoms with Crippen LogP contribution in [0.2, 0.25) is 0 Å². The highest BCUT2D eigenvalue weighted by Gasteiger charge is 2.13. The van der Waals surface area contributed by atoms with Crippen LogP contribution in [0.3, 0.4) is 0 Å². The first kappa shape index (κ1) is 22.4. The van der Waals surface area contributed by atoms with Crippen molar-refractivity contribution in [3.63, 3.8) is 0 Å². The lowest BCUT2D eigenvalue weighted by molar-refractivity contribution is 0.0317. The van der Waals surface area contributed by atoms with Gasteiger partial charge in [-0.25, -0.2) is 0 Å². The van der Waals surface area contributed by atoms with E-state index in [1.807, 2.05) is 13.1 Å². The van der Waals surface area contributed by atoms with Gasteiger partial charge < -0.3 is 24.7 Å². The Bertz CT molecular complexity index is 1040. The van der Waals surface area contributed by atoms with Gasteiger partial charge in [0.15, 0.2) is 0 Å². The average molecular weight is 439 g/mol. The SMILES string of the molecule is CCCN(C)c1cc(Nc2ccc3c(C)c(C)[nH]c3c2)nc(OCCN2CCOCC2)n1. The minimum absolute atomic E-state index is 0.397. The van der Waals surface area contributed by atoms with Crippen molar-refractivity contribution >= 4 is 28.2 Å². The molecule has 172 valence electrons. The molecule has 1 aliphatic rings. The first-order chi connectivity index (χ1) is 15.5. The fraction of sp³-hybridized carbons (Fsp3) is 0.500. The number of aryl methyl sites for hydroxylation is 2. The molecule has 0 amide bonds. The summed E-state index contributed by atoms with van der Waals surface area (Å²) in [5.41, 5.74) is 4.57. The van der Waals surface area contributed by atoms with Gasteiger partial charge in [-0.3, -0.25) is 4.90 Å². The quantitative estimate of drug-likeness (QED) is 0.525. The van der Waals surface area contributed by atoms with Crippen molar-refractivity contribution in [1.29, 1.82) is 0 Å². The zero-order valence-electron chi connectivity index (χ0n) is 19.6. The summed E-state index contributed by atoms with van der Waals surface area (Å²) < 4.78 is 11.4. The van der Waals surface area contributed by atoms with Gasteiger partial charge in [0.2, 0.25) is 0 Å². The van der Waals surface area contributed by atoms with Crippen LogP contribution in [0, 0.1) is 13.8 Å². The second-order valence-electron chi connectivity index (χ2n) is 8.38. The highest BCUT2D eigenvalue weighted by molar-refractivity contribution is 5.87. The first-order valence-electron chi connectivity index (χ1n) is 11.4. The van der Waals surface area contributed by atoms with Gasteiger partial charge in [-0.2, -0.15) is 9.97 Å². The van der Waals surface area contributed by atoms with E-state index in [4.69, 9.17) is 9.47 Å². The van der Waals surface area contributed by atoms with Crippen molar-refractivity contribution < 1.29 is 9.47 Å². The summed E-state index contributed by atoms with van der Waals surface area (Å²) in [6.45, 7) is 12.2. The van der Waals surface area contributed by atoms with Gasteiger partial charge in [-0.15, -0.1) is 0 Å². The Balaban J connectivity index is 1.51. The lowest BCUT2D eigenvalue weighted by Crippen LogP contribution is -2.38. The van der Waals surface area contributed by atoms with Crippen molar-refractivity contribution in [3.8, 4) is 6.01 Å². The largest absolute Gasteiger partial charge is 0.462 e. The van der Waals surface area contributed by atoms with Crippen LogP contribution < -0.4 is 15.0 Å². The summed E-state index contributed by atoms with van der Waals surface area (Å²) in [5.74, 6) is 1.57. The molecule has 1 fully saturated rings. The summed E-state index contributed by atoms with van der Waals surface area (Å²) >= 11 is 0. The highest BCUT2D eigenvalue weighted by atomic mass is 16.5. The second kappa shape index (κ2) is 10.2. The molecule has 1 aromatic carbocycles. The molecule has 0 bridgehead atoms. The minimum atomic E-state index is 0.397. The topological polar surface area (TPSA) is 78.5 Å².